The number of aryl methyl sites for hydroxylation is 2. The van der Waals surface area contributed by atoms with E-state index in [2.05, 4.69) is 34.7 Å². The molecule has 2 N–H and O–H groups in total. The highest BCUT2D eigenvalue weighted by atomic mass is 32.1. The fourth-order valence-corrected chi connectivity index (χ4v) is 3.38. The van der Waals surface area contributed by atoms with Crippen LogP contribution in [0, 0.1) is 0 Å². The van der Waals surface area contributed by atoms with Crippen LogP contribution in [0.1, 0.15) is 47.5 Å². The van der Waals surface area contributed by atoms with Gasteiger partial charge in [0.05, 0.1) is 23.2 Å². The van der Waals surface area contributed by atoms with Gasteiger partial charge in [-0.25, -0.2) is 0 Å². The van der Waals surface area contributed by atoms with Crippen LogP contribution in [0.2, 0.25) is 0 Å². The maximum Gasteiger partial charge on any atom is 0.127 e. The molecule has 20 heavy (non-hydrogen) atoms. The number of ether oxygens (including phenoxy) is 1. The van der Waals surface area contributed by atoms with Gasteiger partial charge in [-0.2, -0.15) is 0 Å². The van der Waals surface area contributed by atoms with Gasteiger partial charge in [0.1, 0.15) is 5.75 Å². The molecule has 0 aliphatic carbocycles. The van der Waals surface area contributed by atoms with Crippen molar-refractivity contribution in [2.45, 2.75) is 38.6 Å². The molecule has 2 aromatic rings. The first-order chi connectivity index (χ1) is 9.81. The SMILES string of the molecule is CCCc1nnsc1C(N)c1cccc2c1OCCC2. The molecule has 1 atom stereocenters. The number of para-hydroxylation sites is 1. The summed E-state index contributed by atoms with van der Waals surface area (Å²) in [6, 6.07) is 6.06. The first-order valence-electron chi connectivity index (χ1n) is 7.12. The van der Waals surface area contributed by atoms with Crippen LogP contribution in [0.25, 0.3) is 0 Å². The molecule has 3 rings (SSSR count). The third-order valence-electron chi connectivity index (χ3n) is 3.65. The summed E-state index contributed by atoms with van der Waals surface area (Å²) < 4.78 is 9.93. The molecule has 5 heteroatoms. The lowest BCUT2D eigenvalue weighted by Gasteiger charge is -2.23. The van der Waals surface area contributed by atoms with Gasteiger partial charge >= 0.3 is 0 Å². The Bertz CT molecular complexity index is 597. The maximum atomic E-state index is 6.47. The molecule has 0 amide bonds. The largest absolute Gasteiger partial charge is 0.493 e. The van der Waals surface area contributed by atoms with Crippen molar-refractivity contribution in [2.75, 3.05) is 6.61 Å². The van der Waals surface area contributed by atoms with Crippen molar-refractivity contribution in [1.29, 1.82) is 0 Å². The van der Waals surface area contributed by atoms with Gasteiger partial charge in [0.15, 0.2) is 0 Å². The lowest BCUT2D eigenvalue weighted by Crippen LogP contribution is -2.17. The van der Waals surface area contributed by atoms with E-state index in [1.807, 2.05) is 0 Å². The fourth-order valence-electron chi connectivity index (χ4n) is 2.66. The van der Waals surface area contributed by atoms with E-state index >= 15 is 0 Å². The summed E-state index contributed by atoms with van der Waals surface area (Å²) in [5.74, 6) is 0.974. The number of hydrogen-bond donors (Lipinski definition) is 1. The Morgan fingerprint density at radius 2 is 2.35 bits per heavy atom. The average Bonchev–Trinajstić information content (AvgIpc) is 2.94. The van der Waals surface area contributed by atoms with Gasteiger partial charge in [-0.3, -0.25) is 0 Å². The normalized spacial score (nSPS) is 15.5. The van der Waals surface area contributed by atoms with Crippen molar-refractivity contribution >= 4 is 11.5 Å². The van der Waals surface area contributed by atoms with E-state index < -0.39 is 0 Å². The third-order valence-corrected chi connectivity index (χ3v) is 4.50. The fraction of sp³-hybridized carbons (Fsp3) is 0.467. The van der Waals surface area contributed by atoms with Gasteiger partial charge in [-0.1, -0.05) is 36.0 Å². The summed E-state index contributed by atoms with van der Waals surface area (Å²) in [5, 5.41) is 4.21. The molecular formula is C15H19N3OS. The zero-order chi connectivity index (χ0) is 13.9. The van der Waals surface area contributed by atoms with Crippen LogP contribution in [0.5, 0.6) is 5.75 Å². The Kier molecular flexibility index (Phi) is 3.98. The molecule has 2 heterocycles. The number of nitrogens with zero attached hydrogens (tertiary/aromatic N) is 2. The Hall–Kier alpha value is -1.46. The van der Waals surface area contributed by atoms with Crippen LogP contribution in [0.3, 0.4) is 0 Å². The molecule has 0 radical (unpaired) electrons. The highest BCUT2D eigenvalue weighted by Crippen LogP contribution is 2.36. The highest BCUT2D eigenvalue weighted by molar-refractivity contribution is 7.05. The quantitative estimate of drug-likeness (QED) is 0.940. The Balaban J connectivity index is 1.98. The van der Waals surface area contributed by atoms with E-state index in [4.69, 9.17) is 10.5 Å². The van der Waals surface area contributed by atoms with Crippen LogP contribution < -0.4 is 10.5 Å². The predicted octanol–water partition coefficient (Wildman–Crippen LogP) is 2.86. The molecule has 4 nitrogen and oxygen atoms in total. The zero-order valence-corrected chi connectivity index (χ0v) is 12.4. The number of hydrogen-bond acceptors (Lipinski definition) is 5. The summed E-state index contributed by atoms with van der Waals surface area (Å²) in [4.78, 5) is 1.06. The van der Waals surface area contributed by atoms with Crippen molar-refractivity contribution in [1.82, 2.24) is 9.59 Å². The van der Waals surface area contributed by atoms with Gasteiger partial charge in [-0.05, 0) is 36.4 Å². The smallest absolute Gasteiger partial charge is 0.127 e. The first-order valence-corrected chi connectivity index (χ1v) is 7.90. The minimum atomic E-state index is -0.190. The lowest BCUT2D eigenvalue weighted by atomic mass is 9.96. The van der Waals surface area contributed by atoms with E-state index in [-0.39, 0.29) is 6.04 Å². The van der Waals surface area contributed by atoms with Crippen LogP contribution in [0.15, 0.2) is 18.2 Å². The van der Waals surface area contributed by atoms with Gasteiger partial charge in [0.25, 0.3) is 0 Å². The summed E-state index contributed by atoms with van der Waals surface area (Å²) >= 11 is 1.40. The molecule has 0 bridgehead atoms. The second kappa shape index (κ2) is 5.89. The minimum Gasteiger partial charge on any atom is -0.493 e. The Morgan fingerprint density at radius 1 is 1.45 bits per heavy atom. The van der Waals surface area contributed by atoms with E-state index in [0.717, 1.165) is 54.2 Å². The monoisotopic (exact) mass is 289 g/mol. The maximum absolute atomic E-state index is 6.47. The van der Waals surface area contributed by atoms with Gasteiger partial charge in [0, 0.05) is 5.56 Å². The van der Waals surface area contributed by atoms with Crippen LogP contribution in [-0.4, -0.2) is 16.2 Å². The molecule has 1 unspecified atom stereocenters. The molecule has 0 fully saturated rings. The van der Waals surface area contributed by atoms with Crippen molar-refractivity contribution in [3.05, 3.63) is 39.9 Å². The summed E-state index contributed by atoms with van der Waals surface area (Å²) in [6.07, 6.45) is 4.12. The molecule has 1 aliphatic rings. The van der Waals surface area contributed by atoms with Crippen molar-refractivity contribution in [3.8, 4) is 5.75 Å². The number of benzene rings is 1. The van der Waals surface area contributed by atoms with Crippen molar-refractivity contribution in [2.24, 2.45) is 5.73 Å². The van der Waals surface area contributed by atoms with Gasteiger partial charge in [0.2, 0.25) is 0 Å². The van der Waals surface area contributed by atoms with Crippen LogP contribution >= 0.6 is 11.5 Å². The molecule has 0 spiro atoms. The number of rotatable bonds is 4. The van der Waals surface area contributed by atoms with E-state index in [1.54, 1.807) is 0 Å². The van der Waals surface area contributed by atoms with Gasteiger partial charge in [-0.15, -0.1) is 5.10 Å². The van der Waals surface area contributed by atoms with Crippen LogP contribution in [0.4, 0.5) is 0 Å². The summed E-state index contributed by atoms with van der Waals surface area (Å²) in [7, 11) is 0. The zero-order valence-electron chi connectivity index (χ0n) is 11.6. The number of nitrogens with two attached hydrogens (primary N) is 1. The van der Waals surface area contributed by atoms with Gasteiger partial charge < -0.3 is 10.5 Å². The standard InChI is InChI=1S/C15H19N3OS/c1-2-5-12-15(20-18-17-12)13(16)11-8-3-6-10-7-4-9-19-14(10)11/h3,6,8,13H,2,4-5,7,9,16H2,1H3. The molecule has 0 saturated carbocycles. The summed E-state index contributed by atoms with van der Waals surface area (Å²) in [6.45, 7) is 2.92. The molecular weight excluding hydrogens is 270 g/mol. The topological polar surface area (TPSA) is 61.0 Å². The first kappa shape index (κ1) is 13.5. The second-order valence-electron chi connectivity index (χ2n) is 5.10. The molecule has 1 aromatic heterocycles. The van der Waals surface area contributed by atoms with E-state index in [0.29, 0.717) is 0 Å². The Labute approximate surface area is 123 Å². The number of fused-ring (bicyclic) bond motifs is 1. The van der Waals surface area contributed by atoms with E-state index in [1.165, 1.54) is 17.1 Å². The minimum absolute atomic E-state index is 0.190. The third kappa shape index (κ3) is 2.43. The molecule has 106 valence electrons. The predicted molar refractivity (Wildman–Crippen MR) is 80.2 cm³/mol. The summed E-state index contributed by atoms with van der Waals surface area (Å²) in [5.41, 5.74) is 9.82. The van der Waals surface area contributed by atoms with Crippen molar-refractivity contribution < 1.29 is 4.74 Å². The lowest BCUT2D eigenvalue weighted by molar-refractivity contribution is 0.284. The molecule has 1 aliphatic heterocycles. The van der Waals surface area contributed by atoms with Crippen molar-refractivity contribution in [3.63, 3.8) is 0 Å². The highest BCUT2D eigenvalue weighted by Gasteiger charge is 2.23. The Morgan fingerprint density at radius 3 is 3.20 bits per heavy atom. The van der Waals surface area contributed by atoms with Crippen LogP contribution in [-0.2, 0) is 12.8 Å². The van der Waals surface area contributed by atoms with E-state index in [9.17, 15) is 0 Å². The number of aromatic nitrogens is 2. The molecule has 1 aromatic carbocycles. The second-order valence-corrected chi connectivity index (χ2v) is 5.88. The average molecular weight is 289 g/mol. The molecule has 0 saturated heterocycles.